The first-order valence-corrected chi connectivity index (χ1v) is 8.48. The van der Waals surface area contributed by atoms with E-state index in [-0.39, 0.29) is 6.04 Å². The minimum Gasteiger partial charge on any atom is -0.332 e. The van der Waals surface area contributed by atoms with Crippen molar-refractivity contribution in [3.8, 4) is 11.3 Å². The monoisotopic (exact) mass is 360 g/mol. The maximum Gasteiger partial charge on any atom is 0.0956 e. The van der Waals surface area contributed by atoms with E-state index in [0.29, 0.717) is 10.0 Å². The molecule has 0 aliphatic rings. The van der Waals surface area contributed by atoms with Gasteiger partial charge in [0.1, 0.15) is 0 Å². The first-order chi connectivity index (χ1) is 11.6. The highest BCUT2D eigenvalue weighted by Crippen LogP contribution is 2.33. The summed E-state index contributed by atoms with van der Waals surface area (Å²) in [6.45, 7) is 2.70. The standard InChI is InChI=1S/C18H18Cl2N4/c1-12(21)18-17(15-6-5-13(19)10-16(15)20)23-11-24(18)9-7-14-4-2-3-8-22-14/h2-6,8,10-12H,7,9,21H2,1H3. The summed E-state index contributed by atoms with van der Waals surface area (Å²) in [5.41, 5.74) is 9.83. The van der Waals surface area contributed by atoms with Crippen molar-refractivity contribution in [2.24, 2.45) is 5.73 Å². The van der Waals surface area contributed by atoms with E-state index in [9.17, 15) is 0 Å². The van der Waals surface area contributed by atoms with Crippen LogP contribution < -0.4 is 5.73 Å². The van der Waals surface area contributed by atoms with Gasteiger partial charge in [0.15, 0.2) is 0 Å². The summed E-state index contributed by atoms with van der Waals surface area (Å²) < 4.78 is 2.07. The molecule has 1 unspecified atom stereocenters. The Bertz CT molecular complexity index is 828. The maximum absolute atomic E-state index is 6.34. The molecule has 6 heteroatoms. The molecule has 0 radical (unpaired) electrons. The van der Waals surface area contributed by atoms with Crippen LogP contribution in [0.25, 0.3) is 11.3 Å². The Morgan fingerprint density at radius 2 is 2.00 bits per heavy atom. The van der Waals surface area contributed by atoms with E-state index < -0.39 is 0 Å². The number of halogens is 2. The van der Waals surface area contributed by atoms with E-state index in [1.54, 1.807) is 18.3 Å². The summed E-state index contributed by atoms with van der Waals surface area (Å²) in [5.74, 6) is 0. The van der Waals surface area contributed by atoms with Gasteiger partial charge in [0.25, 0.3) is 0 Å². The van der Waals surface area contributed by atoms with Gasteiger partial charge in [-0.15, -0.1) is 0 Å². The Hall–Kier alpha value is -1.88. The van der Waals surface area contributed by atoms with Crippen molar-refractivity contribution in [1.82, 2.24) is 14.5 Å². The average molecular weight is 361 g/mol. The maximum atomic E-state index is 6.34. The van der Waals surface area contributed by atoms with Gasteiger partial charge in [0, 0.05) is 41.5 Å². The number of pyridine rings is 1. The molecule has 4 nitrogen and oxygen atoms in total. The highest BCUT2D eigenvalue weighted by atomic mass is 35.5. The summed E-state index contributed by atoms with van der Waals surface area (Å²) in [7, 11) is 0. The van der Waals surface area contributed by atoms with Crippen molar-refractivity contribution in [2.75, 3.05) is 0 Å². The number of nitrogens with zero attached hydrogens (tertiary/aromatic N) is 3. The third-order valence-electron chi connectivity index (χ3n) is 3.83. The average Bonchev–Trinajstić information content (AvgIpc) is 2.98. The molecule has 3 aromatic rings. The molecule has 3 rings (SSSR count). The fourth-order valence-corrected chi connectivity index (χ4v) is 3.22. The van der Waals surface area contributed by atoms with Gasteiger partial charge in [-0.25, -0.2) is 4.98 Å². The fourth-order valence-electron chi connectivity index (χ4n) is 2.72. The van der Waals surface area contributed by atoms with Crippen molar-refractivity contribution in [3.05, 3.63) is 70.4 Å². The van der Waals surface area contributed by atoms with Crippen molar-refractivity contribution in [1.29, 1.82) is 0 Å². The molecule has 0 saturated carbocycles. The second kappa shape index (κ2) is 7.34. The zero-order valence-corrected chi connectivity index (χ0v) is 14.8. The Labute approximate surface area is 151 Å². The Morgan fingerprint density at radius 1 is 1.17 bits per heavy atom. The van der Waals surface area contributed by atoms with Crippen LogP contribution in [0.3, 0.4) is 0 Å². The molecule has 2 aromatic heterocycles. The van der Waals surface area contributed by atoms with Crippen LogP contribution in [0.5, 0.6) is 0 Å². The molecule has 0 saturated heterocycles. The SMILES string of the molecule is CC(N)c1c(-c2ccc(Cl)cc2Cl)ncn1CCc1ccccn1. The van der Waals surface area contributed by atoms with E-state index in [0.717, 1.165) is 35.6 Å². The van der Waals surface area contributed by atoms with Crippen LogP contribution in [-0.2, 0) is 13.0 Å². The van der Waals surface area contributed by atoms with E-state index in [2.05, 4.69) is 14.5 Å². The number of aryl methyl sites for hydroxylation is 2. The number of rotatable bonds is 5. The predicted molar refractivity (Wildman–Crippen MR) is 98.2 cm³/mol. The van der Waals surface area contributed by atoms with E-state index in [1.165, 1.54) is 0 Å². The minimum atomic E-state index is -0.169. The molecule has 0 fully saturated rings. The summed E-state index contributed by atoms with van der Waals surface area (Å²) in [6, 6.07) is 11.1. The number of imidazole rings is 1. The van der Waals surface area contributed by atoms with Gasteiger partial charge in [-0.2, -0.15) is 0 Å². The number of benzene rings is 1. The molecule has 0 aliphatic carbocycles. The number of aromatic nitrogens is 3. The van der Waals surface area contributed by atoms with Gasteiger partial charge in [-0.05, 0) is 37.3 Å². The molecule has 1 atom stereocenters. The molecule has 124 valence electrons. The lowest BCUT2D eigenvalue weighted by atomic mass is 10.1. The second-order valence-electron chi connectivity index (χ2n) is 5.66. The first kappa shape index (κ1) is 17.0. The summed E-state index contributed by atoms with van der Waals surface area (Å²) in [4.78, 5) is 8.90. The molecule has 0 bridgehead atoms. The molecule has 0 amide bonds. The molecule has 0 spiro atoms. The Morgan fingerprint density at radius 3 is 2.67 bits per heavy atom. The van der Waals surface area contributed by atoms with Crippen LogP contribution >= 0.6 is 23.2 Å². The van der Waals surface area contributed by atoms with Crippen LogP contribution in [0.1, 0.15) is 24.4 Å². The number of hydrogen-bond acceptors (Lipinski definition) is 3. The Kier molecular flexibility index (Phi) is 5.19. The van der Waals surface area contributed by atoms with E-state index in [4.69, 9.17) is 28.9 Å². The minimum absolute atomic E-state index is 0.169. The number of nitrogens with two attached hydrogens (primary N) is 1. The molecular weight excluding hydrogens is 343 g/mol. The fraction of sp³-hybridized carbons (Fsp3) is 0.222. The van der Waals surface area contributed by atoms with Gasteiger partial charge in [0.2, 0.25) is 0 Å². The predicted octanol–water partition coefficient (Wildman–Crippen LogP) is 4.51. The molecule has 24 heavy (non-hydrogen) atoms. The lowest BCUT2D eigenvalue weighted by Crippen LogP contribution is -2.14. The smallest absolute Gasteiger partial charge is 0.0956 e. The normalized spacial score (nSPS) is 12.3. The quantitative estimate of drug-likeness (QED) is 0.727. The van der Waals surface area contributed by atoms with Crippen LogP contribution in [0, 0.1) is 0 Å². The molecule has 2 heterocycles. The van der Waals surface area contributed by atoms with Gasteiger partial charge in [-0.3, -0.25) is 4.98 Å². The van der Waals surface area contributed by atoms with Crippen molar-refractivity contribution >= 4 is 23.2 Å². The molecule has 2 N–H and O–H groups in total. The van der Waals surface area contributed by atoms with Crippen molar-refractivity contribution in [2.45, 2.75) is 25.9 Å². The van der Waals surface area contributed by atoms with Gasteiger partial charge >= 0.3 is 0 Å². The molecule has 0 aliphatic heterocycles. The highest BCUT2D eigenvalue weighted by Gasteiger charge is 2.18. The highest BCUT2D eigenvalue weighted by molar-refractivity contribution is 6.36. The van der Waals surface area contributed by atoms with Crippen LogP contribution in [0.2, 0.25) is 10.0 Å². The van der Waals surface area contributed by atoms with E-state index in [1.807, 2.05) is 37.5 Å². The second-order valence-corrected chi connectivity index (χ2v) is 6.50. The zero-order valence-electron chi connectivity index (χ0n) is 13.3. The van der Waals surface area contributed by atoms with E-state index >= 15 is 0 Å². The Balaban J connectivity index is 1.93. The third-order valence-corrected chi connectivity index (χ3v) is 4.38. The lowest BCUT2D eigenvalue weighted by molar-refractivity contribution is 0.619. The van der Waals surface area contributed by atoms with Crippen molar-refractivity contribution in [3.63, 3.8) is 0 Å². The van der Waals surface area contributed by atoms with Gasteiger partial charge in [-0.1, -0.05) is 29.3 Å². The topological polar surface area (TPSA) is 56.7 Å². The van der Waals surface area contributed by atoms with Gasteiger partial charge in [0.05, 0.1) is 22.7 Å². The third kappa shape index (κ3) is 3.61. The van der Waals surface area contributed by atoms with Crippen LogP contribution in [0.15, 0.2) is 48.9 Å². The molecular formula is C18H18Cl2N4. The van der Waals surface area contributed by atoms with Crippen LogP contribution in [0.4, 0.5) is 0 Å². The first-order valence-electron chi connectivity index (χ1n) is 7.72. The summed E-state index contributed by atoms with van der Waals surface area (Å²) in [5, 5.41) is 1.17. The van der Waals surface area contributed by atoms with Crippen LogP contribution in [-0.4, -0.2) is 14.5 Å². The summed E-state index contributed by atoms with van der Waals surface area (Å²) in [6.07, 6.45) is 4.42. The largest absolute Gasteiger partial charge is 0.332 e. The summed E-state index contributed by atoms with van der Waals surface area (Å²) >= 11 is 12.3. The van der Waals surface area contributed by atoms with Gasteiger partial charge < -0.3 is 10.3 Å². The molecule has 1 aromatic carbocycles. The van der Waals surface area contributed by atoms with Crippen molar-refractivity contribution < 1.29 is 0 Å². The zero-order chi connectivity index (χ0) is 17.1. The lowest BCUT2D eigenvalue weighted by Gasteiger charge is -2.14. The number of hydrogen-bond donors (Lipinski definition) is 1.